The maximum Gasteiger partial charge on any atom is 0.243 e. The zero-order valence-corrected chi connectivity index (χ0v) is 20.2. The van der Waals surface area contributed by atoms with E-state index >= 15 is 0 Å². The molecule has 33 heavy (non-hydrogen) atoms. The molecule has 1 fully saturated rings. The highest BCUT2D eigenvalue weighted by Gasteiger charge is 2.26. The summed E-state index contributed by atoms with van der Waals surface area (Å²) < 4.78 is 35.1. The number of aromatic nitrogens is 1. The van der Waals surface area contributed by atoms with Crippen molar-refractivity contribution in [2.75, 3.05) is 25.5 Å². The van der Waals surface area contributed by atoms with E-state index in [2.05, 4.69) is 15.8 Å². The molecule has 0 atom stereocenters. The average Bonchev–Trinajstić information content (AvgIpc) is 3.15. The number of hydrogen-bond acceptors (Lipinski definition) is 5. The second-order valence-corrected chi connectivity index (χ2v) is 10.2. The molecule has 4 rings (SSSR count). The topological polar surface area (TPSA) is 88.0 Å². The number of anilines is 1. The van der Waals surface area contributed by atoms with Crippen LogP contribution in [0.4, 0.5) is 5.69 Å². The van der Waals surface area contributed by atoms with Crippen molar-refractivity contribution in [1.82, 2.24) is 14.3 Å². The molecular formula is C23H27N5O3S2. The Morgan fingerprint density at radius 3 is 2.67 bits per heavy atom. The second kappa shape index (κ2) is 9.90. The number of hydrogen-bond donors (Lipinski definition) is 2. The van der Waals surface area contributed by atoms with Gasteiger partial charge in [0.25, 0.3) is 0 Å². The molecule has 2 N–H and O–H groups in total. The SMILES string of the molecule is COc1ccccc1NC(=S)NN=Cc1cn(C)c2ccc(S(=O)(=O)N3CCCCC3)cc12. The summed E-state index contributed by atoms with van der Waals surface area (Å²) in [5, 5.41) is 8.41. The van der Waals surface area contributed by atoms with Crippen molar-refractivity contribution in [2.24, 2.45) is 12.1 Å². The van der Waals surface area contributed by atoms with E-state index in [1.807, 2.05) is 48.1 Å². The van der Waals surface area contributed by atoms with Crippen LogP contribution in [0.5, 0.6) is 5.75 Å². The van der Waals surface area contributed by atoms with Gasteiger partial charge in [0.15, 0.2) is 5.11 Å². The summed E-state index contributed by atoms with van der Waals surface area (Å²) in [6, 6.07) is 12.7. The van der Waals surface area contributed by atoms with Crippen molar-refractivity contribution in [3.63, 3.8) is 0 Å². The van der Waals surface area contributed by atoms with E-state index < -0.39 is 10.0 Å². The van der Waals surface area contributed by atoms with Gasteiger partial charge in [-0.1, -0.05) is 18.6 Å². The lowest BCUT2D eigenvalue weighted by atomic mass is 10.2. The summed E-state index contributed by atoms with van der Waals surface area (Å²) in [6.45, 7) is 1.15. The zero-order chi connectivity index (χ0) is 23.4. The molecule has 2 heterocycles. The van der Waals surface area contributed by atoms with Gasteiger partial charge in [-0.2, -0.15) is 9.41 Å². The first-order valence-electron chi connectivity index (χ1n) is 10.7. The van der Waals surface area contributed by atoms with Crippen LogP contribution in [0.2, 0.25) is 0 Å². The number of thiocarbonyl (C=S) groups is 1. The van der Waals surface area contributed by atoms with Crippen LogP contribution < -0.4 is 15.5 Å². The Bertz CT molecular complexity index is 1290. The Hall–Kier alpha value is -2.95. The number of piperidine rings is 1. The van der Waals surface area contributed by atoms with Gasteiger partial charge in [0.1, 0.15) is 5.75 Å². The summed E-state index contributed by atoms with van der Waals surface area (Å²) in [5.41, 5.74) is 5.24. The third-order valence-electron chi connectivity index (χ3n) is 5.67. The molecule has 3 aromatic rings. The first kappa shape index (κ1) is 23.2. The van der Waals surface area contributed by atoms with Crippen molar-refractivity contribution in [3.8, 4) is 5.75 Å². The quantitative estimate of drug-likeness (QED) is 0.315. The fraction of sp³-hybridized carbons (Fsp3) is 0.304. The minimum absolute atomic E-state index is 0.305. The number of methoxy groups -OCH3 is 1. The molecule has 0 unspecified atom stereocenters. The second-order valence-electron chi connectivity index (χ2n) is 7.86. The molecule has 1 aromatic heterocycles. The summed E-state index contributed by atoms with van der Waals surface area (Å²) in [6.07, 6.45) is 6.42. The maximum atomic E-state index is 13.1. The first-order valence-corrected chi connectivity index (χ1v) is 12.6. The van der Waals surface area contributed by atoms with E-state index in [1.165, 1.54) is 0 Å². The number of nitrogens with zero attached hydrogens (tertiary/aromatic N) is 3. The van der Waals surface area contributed by atoms with Crippen LogP contribution in [0.25, 0.3) is 10.9 Å². The van der Waals surface area contributed by atoms with Crippen LogP contribution in [-0.2, 0) is 17.1 Å². The monoisotopic (exact) mass is 485 g/mol. The Morgan fingerprint density at radius 1 is 1.15 bits per heavy atom. The Balaban J connectivity index is 1.53. The van der Waals surface area contributed by atoms with Gasteiger partial charge >= 0.3 is 0 Å². The van der Waals surface area contributed by atoms with Gasteiger partial charge in [-0.25, -0.2) is 8.42 Å². The molecule has 10 heteroatoms. The summed E-state index contributed by atoms with van der Waals surface area (Å²) in [4.78, 5) is 0.305. The van der Waals surface area contributed by atoms with E-state index in [0.717, 1.165) is 41.4 Å². The van der Waals surface area contributed by atoms with Gasteiger partial charge in [-0.3, -0.25) is 5.43 Å². The molecule has 0 aliphatic carbocycles. The van der Waals surface area contributed by atoms with Crippen molar-refractivity contribution in [1.29, 1.82) is 0 Å². The van der Waals surface area contributed by atoms with Crippen molar-refractivity contribution in [2.45, 2.75) is 24.2 Å². The fourth-order valence-corrected chi connectivity index (χ4v) is 5.68. The summed E-state index contributed by atoms with van der Waals surface area (Å²) in [7, 11) is -0.00576. The predicted octanol–water partition coefficient (Wildman–Crippen LogP) is 3.68. The van der Waals surface area contributed by atoms with E-state index in [-0.39, 0.29) is 0 Å². The summed E-state index contributed by atoms with van der Waals surface area (Å²) in [5.74, 6) is 0.669. The zero-order valence-electron chi connectivity index (χ0n) is 18.6. The summed E-state index contributed by atoms with van der Waals surface area (Å²) >= 11 is 5.32. The highest BCUT2D eigenvalue weighted by molar-refractivity contribution is 7.89. The van der Waals surface area contributed by atoms with Crippen molar-refractivity contribution < 1.29 is 13.2 Å². The average molecular weight is 486 g/mol. The standard InChI is InChI=1S/C23H27N5O3S2/c1-27-16-17(15-24-26-23(32)25-20-8-4-5-9-22(20)31-2)19-14-18(10-11-21(19)27)33(29,30)28-12-6-3-7-13-28/h4-5,8-11,14-16H,3,6-7,12-13H2,1-2H3,(H2,25,26,32). The van der Waals surface area contributed by atoms with Crippen LogP contribution in [-0.4, -0.2) is 48.8 Å². The maximum absolute atomic E-state index is 13.1. The molecule has 0 amide bonds. The number of nitrogens with one attached hydrogen (secondary N) is 2. The molecule has 0 bridgehead atoms. The number of para-hydroxylation sites is 2. The predicted molar refractivity (Wildman–Crippen MR) is 135 cm³/mol. The lowest BCUT2D eigenvalue weighted by Gasteiger charge is -2.25. The third-order valence-corrected chi connectivity index (χ3v) is 7.76. The fourth-order valence-electron chi connectivity index (χ4n) is 3.98. The smallest absolute Gasteiger partial charge is 0.243 e. The largest absolute Gasteiger partial charge is 0.495 e. The molecule has 1 saturated heterocycles. The third kappa shape index (κ3) is 5.02. The first-order chi connectivity index (χ1) is 15.9. The lowest BCUT2D eigenvalue weighted by molar-refractivity contribution is 0.346. The van der Waals surface area contributed by atoms with Crippen LogP contribution in [0.15, 0.2) is 58.7 Å². The number of hydrazone groups is 1. The lowest BCUT2D eigenvalue weighted by Crippen LogP contribution is -2.35. The van der Waals surface area contributed by atoms with E-state index in [0.29, 0.717) is 28.8 Å². The van der Waals surface area contributed by atoms with Crippen LogP contribution in [0.3, 0.4) is 0 Å². The minimum atomic E-state index is -3.51. The number of rotatable bonds is 6. The molecule has 1 aliphatic rings. The number of benzene rings is 2. The molecular weight excluding hydrogens is 458 g/mol. The molecule has 2 aromatic carbocycles. The normalized spacial score (nSPS) is 15.1. The Morgan fingerprint density at radius 2 is 1.91 bits per heavy atom. The van der Waals surface area contributed by atoms with Gasteiger partial charge < -0.3 is 14.6 Å². The van der Waals surface area contributed by atoms with E-state index in [9.17, 15) is 8.42 Å². The number of sulfonamides is 1. The highest BCUT2D eigenvalue weighted by Crippen LogP contribution is 2.27. The van der Waals surface area contributed by atoms with Crippen LogP contribution in [0, 0.1) is 0 Å². The Labute approximate surface area is 199 Å². The van der Waals surface area contributed by atoms with Crippen molar-refractivity contribution >= 4 is 50.2 Å². The van der Waals surface area contributed by atoms with Crippen LogP contribution in [0.1, 0.15) is 24.8 Å². The molecule has 1 aliphatic heterocycles. The molecule has 174 valence electrons. The van der Waals surface area contributed by atoms with Gasteiger partial charge in [0.2, 0.25) is 10.0 Å². The van der Waals surface area contributed by atoms with E-state index in [4.69, 9.17) is 17.0 Å². The molecule has 0 radical (unpaired) electrons. The van der Waals surface area contributed by atoms with Crippen LogP contribution >= 0.6 is 12.2 Å². The number of fused-ring (bicyclic) bond motifs is 1. The van der Waals surface area contributed by atoms with Gasteiger partial charge in [-0.15, -0.1) is 0 Å². The minimum Gasteiger partial charge on any atom is -0.495 e. The molecule has 8 nitrogen and oxygen atoms in total. The number of aryl methyl sites for hydroxylation is 1. The van der Waals surface area contributed by atoms with Crippen molar-refractivity contribution in [3.05, 3.63) is 54.2 Å². The molecule has 0 saturated carbocycles. The molecule has 0 spiro atoms. The van der Waals surface area contributed by atoms with Gasteiger partial charge in [-0.05, 0) is 55.4 Å². The van der Waals surface area contributed by atoms with Gasteiger partial charge in [0, 0.05) is 42.8 Å². The van der Waals surface area contributed by atoms with Gasteiger partial charge in [0.05, 0.1) is 23.9 Å². The Kier molecular flexibility index (Phi) is 6.96. The number of ether oxygens (including phenoxy) is 1. The van der Waals surface area contributed by atoms with E-state index in [1.54, 1.807) is 29.8 Å². The highest BCUT2D eigenvalue weighted by atomic mass is 32.2.